The van der Waals surface area contributed by atoms with Crippen LogP contribution in [-0.2, 0) is 6.54 Å². The van der Waals surface area contributed by atoms with Crippen LogP contribution >= 0.6 is 11.8 Å². The van der Waals surface area contributed by atoms with Gasteiger partial charge in [-0.15, -0.1) is 0 Å². The van der Waals surface area contributed by atoms with Crippen LogP contribution in [0.15, 0.2) is 18.2 Å². The standard InChI is InChI=1S/C16H25FN2S/c1-12-11-19(7-8-20-12)15-6-5-13(9-14(15)17)10-18-16(2,3)4/h5-6,9,12,18H,7-8,10-11H2,1-4H3. The molecule has 1 heterocycles. The zero-order chi connectivity index (χ0) is 14.8. The Balaban J connectivity index is 2.05. The summed E-state index contributed by atoms with van der Waals surface area (Å²) in [5.74, 6) is 0.978. The maximum atomic E-state index is 14.3. The van der Waals surface area contributed by atoms with Crippen LogP contribution in [0.25, 0.3) is 0 Å². The lowest BCUT2D eigenvalue weighted by atomic mass is 10.1. The van der Waals surface area contributed by atoms with E-state index in [-0.39, 0.29) is 11.4 Å². The second-order valence-electron chi connectivity index (χ2n) is 6.52. The summed E-state index contributed by atoms with van der Waals surface area (Å²) >= 11 is 1.96. The van der Waals surface area contributed by atoms with E-state index in [0.717, 1.165) is 30.1 Å². The molecule has 1 aromatic rings. The van der Waals surface area contributed by atoms with E-state index in [9.17, 15) is 4.39 Å². The number of benzene rings is 1. The van der Waals surface area contributed by atoms with Crippen LogP contribution in [0.5, 0.6) is 0 Å². The summed E-state index contributed by atoms with van der Waals surface area (Å²) < 4.78 is 14.3. The largest absolute Gasteiger partial charge is 0.367 e. The summed E-state index contributed by atoms with van der Waals surface area (Å²) in [6.45, 7) is 11.1. The van der Waals surface area contributed by atoms with Gasteiger partial charge in [0.15, 0.2) is 0 Å². The number of hydrogen-bond acceptors (Lipinski definition) is 3. The van der Waals surface area contributed by atoms with Gasteiger partial charge in [0, 0.05) is 36.2 Å². The molecule has 1 atom stereocenters. The smallest absolute Gasteiger partial charge is 0.146 e. The Morgan fingerprint density at radius 1 is 1.40 bits per heavy atom. The van der Waals surface area contributed by atoms with Gasteiger partial charge >= 0.3 is 0 Å². The van der Waals surface area contributed by atoms with Crippen LogP contribution in [0.4, 0.5) is 10.1 Å². The molecule has 1 saturated heterocycles. The Morgan fingerprint density at radius 3 is 2.75 bits per heavy atom. The number of anilines is 1. The number of thioether (sulfide) groups is 1. The first-order valence-corrected chi connectivity index (χ1v) is 8.30. The molecule has 0 spiro atoms. The Kier molecular flexibility index (Phi) is 4.97. The highest BCUT2D eigenvalue weighted by Crippen LogP contribution is 2.26. The lowest BCUT2D eigenvalue weighted by Gasteiger charge is -2.32. The maximum Gasteiger partial charge on any atom is 0.146 e. The summed E-state index contributed by atoms with van der Waals surface area (Å²) in [6.07, 6.45) is 0. The summed E-state index contributed by atoms with van der Waals surface area (Å²) in [4.78, 5) is 2.16. The lowest BCUT2D eigenvalue weighted by molar-refractivity contribution is 0.423. The molecule has 1 aromatic carbocycles. The molecule has 1 N–H and O–H groups in total. The molecule has 2 nitrogen and oxygen atoms in total. The minimum Gasteiger partial charge on any atom is -0.367 e. The lowest BCUT2D eigenvalue weighted by Crippen LogP contribution is -2.37. The molecule has 1 unspecified atom stereocenters. The predicted molar refractivity (Wildman–Crippen MR) is 87.1 cm³/mol. The fraction of sp³-hybridized carbons (Fsp3) is 0.625. The minimum atomic E-state index is -0.0997. The molecule has 0 aromatic heterocycles. The van der Waals surface area contributed by atoms with Crippen LogP contribution < -0.4 is 10.2 Å². The molecular formula is C16H25FN2S. The quantitative estimate of drug-likeness (QED) is 0.916. The number of nitrogens with zero attached hydrogens (tertiary/aromatic N) is 1. The molecule has 4 heteroatoms. The molecule has 0 bridgehead atoms. The van der Waals surface area contributed by atoms with E-state index >= 15 is 0 Å². The van der Waals surface area contributed by atoms with E-state index < -0.39 is 0 Å². The van der Waals surface area contributed by atoms with Gasteiger partial charge in [-0.25, -0.2) is 4.39 Å². The van der Waals surface area contributed by atoms with Crippen molar-refractivity contribution in [2.75, 3.05) is 23.7 Å². The first-order valence-electron chi connectivity index (χ1n) is 7.25. The van der Waals surface area contributed by atoms with E-state index in [4.69, 9.17) is 0 Å². The molecular weight excluding hydrogens is 271 g/mol. The monoisotopic (exact) mass is 296 g/mol. The van der Waals surface area contributed by atoms with Crippen molar-refractivity contribution >= 4 is 17.4 Å². The first-order chi connectivity index (χ1) is 9.35. The van der Waals surface area contributed by atoms with Crippen molar-refractivity contribution < 1.29 is 4.39 Å². The van der Waals surface area contributed by atoms with E-state index in [0.29, 0.717) is 11.8 Å². The summed E-state index contributed by atoms with van der Waals surface area (Å²) in [5.41, 5.74) is 1.80. The van der Waals surface area contributed by atoms with Crippen molar-refractivity contribution in [3.05, 3.63) is 29.6 Å². The predicted octanol–water partition coefficient (Wildman–Crippen LogP) is 3.66. The molecule has 20 heavy (non-hydrogen) atoms. The third-order valence-corrected chi connectivity index (χ3v) is 4.55. The highest BCUT2D eigenvalue weighted by Gasteiger charge is 2.19. The molecule has 2 rings (SSSR count). The average molecular weight is 296 g/mol. The van der Waals surface area contributed by atoms with Gasteiger partial charge in [0.1, 0.15) is 5.82 Å². The van der Waals surface area contributed by atoms with Crippen molar-refractivity contribution in [3.8, 4) is 0 Å². The Morgan fingerprint density at radius 2 is 2.15 bits per heavy atom. The molecule has 0 aliphatic carbocycles. The minimum absolute atomic E-state index is 0.0503. The van der Waals surface area contributed by atoms with E-state index in [1.165, 1.54) is 0 Å². The maximum absolute atomic E-state index is 14.3. The van der Waals surface area contributed by atoms with Gasteiger partial charge in [0.2, 0.25) is 0 Å². The Bertz CT molecular complexity index is 456. The first kappa shape index (κ1) is 15.6. The average Bonchev–Trinajstić information content (AvgIpc) is 2.35. The van der Waals surface area contributed by atoms with Gasteiger partial charge in [-0.3, -0.25) is 0 Å². The SMILES string of the molecule is CC1CN(c2ccc(CNC(C)(C)C)cc2F)CCS1. The highest BCUT2D eigenvalue weighted by atomic mass is 32.2. The third kappa shape index (κ3) is 4.38. The zero-order valence-electron chi connectivity index (χ0n) is 12.9. The van der Waals surface area contributed by atoms with Crippen LogP contribution in [0.1, 0.15) is 33.3 Å². The van der Waals surface area contributed by atoms with Gasteiger partial charge in [0.25, 0.3) is 0 Å². The van der Waals surface area contributed by atoms with Gasteiger partial charge < -0.3 is 10.2 Å². The molecule has 0 radical (unpaired) electrons. The number of rotatable bonds is 3. The van der Waals surface area contributed by atoms with Crippen LogP contribution in [0.3, 0.4) is 0 Å². The molecule has 0 saturated carbocycles. The van der Waals surface area contributed by atoms with Crippen LogP contribution in [0.2, 0.25) is 0 Å². The number of hydrogen-bond donors (Lipinski definition) is 1. The Hall–Kier alpha value is -0.740. The summed E-state index contributed by atoms with van der Waals surface area (Å²) in [7, 11) is 0. The van der Waals surface area contributed by atoms with Crippen LogP contribution in [-0.4, -0.2) is 29.6 Å². The molecule has 112 valence electrons. The summed E-state index contributed by atoms with van der Waals surface area (Å²) in [6, 6.07) is 5.63. The van der Waals surface area contributed by atoms with Crippen molar-refractivity contribution in [1.29, 1.82) is 0 Å². The van der Waals surface area contributed by atoms with Gasteiger partial charge in [-0.05, 0) is 38.5 Å². The highest BCUT2D eigenvalue weighted by molar-refractivity contribution is 8.00. The van der Waals surface area contributed by atoms with Gasteiger partial charge in [-0.1, -0.05) is 13.0 Å². The molecule has 1 aliphatic rings. The van der Waals surface area contributed by atoms with Gasteiger partial charge in [-0.2, -0.15) is 11.8 Å². The van der Waals surface area contributed by atoms with Gasteiger partial charge in [0.05, 0.1) is 5.69 Å². The zero-order valence-corrected chi connectivity index (χ0v) is 13.7. The fourth-order valence-electron chi connectivity index (χ4n) is 2.32. The summed E-state index contributed by atoms with van der Waals surface area (Å²) in [5, 5.41) is 3.96. The molecule has 1 aliphatic heterocycles. The second kappa shape index (κ2) is 6.35. The number of nitrogens with one attached hydrogen (secondary N) is 1. The van der Waals surface area contributed by atoms with Crippen molar-refractivity contribution in [3.63, 3.8) is 0 Å². The third-order valence-electron chi connectivity index (χ3n) is 3.42. The Labute approximate surface area is 126 Å². The number of halogens is 1. The molecule has 0 amide bonds. The fourth-order valence-corrected chi connectivity index (χ4v) is 3.33. The second-order valence-corrected chi connectivity index (χ2v) is 8.06. The van der Waals surface area contributed by atoms with E-state index in [1.54, 1.807) is 6.07 Å². The normalized spacial score (nSPS) is 20.2. The van der Waals surface area contributed by atoms with E-state index in [2.05, 4.69) is 37.9 Å². The van der Waals surface area contributed by atoms with Crippen LogP contribution in [0, 0.1) is 5.82 Å². The van der Waals surface area contributed by atoms with E-state index in [1.807, 2.05) is 23.9 Å². The topological polar surface area (TPSA) is 15.3 Å². The van der Waals surface area contributed by atoms with Crippen molar-refractivity contribution in [2.45, 2.75) is 45.0 Å². The molecule has 1 fully saturated rings. The van der Waals surface area contributed by atoms with Crippen molar-refractivity contribution in [2.24, 2.45) is 0 Å². The van der Waals surface area contributed by atoms with Crippen molar-refractivity contribution in [1.82, 2.24) is 5.32 Å².